The van der Waals surface area contributed by atoms with Crippen molar-refractivity contribution in [3.05, 3.63) is 5.69 Å². The molecule has 0 aliphatic carbocycles. The zero-order valence-corrected chi connectivity index (χ0v) is 4.33. The number of nitrogens with zero attached hydrogens (tertiary/aromatic N) is 2. The molecule has 0 fully saturated rings. The van der Waals surface area contributed by atoms with Gasteiger partial charge in [-0.2, -0.15) is 10.3 Å². The number of H-pyrrole nitrogens is 1. The summed E-state index contributed by atoms with van der Waals surface area (Å²) in [5, 5.41) is 11.3. The van der Waals surface area contributed by atoms with Crippen molar-refractivity contribution in [1.29, 1.82) is 0 Å². The van der Waals surface area contributed by atoms with Gasteiger partial charge in [-0.3, -0.25) is 0 Å². The summed E-state index contributed by atoms with van der Waals surface area (Å²) in [6, 6.07) is 0. The molecule has 2 heterocycles. The van der Waals surface area contributed by atoms with Crippen LogP contribution in [-0.2, 0) is 5.75 Å². The van der Waals surface area contributed by atoms with Gasteiger partial charge in [0.1, 0.15) is 10.7 Å². The minimum absolute atomic E-state index is 1.03. The fraction of sp³-hybridized carbons (Fsp3) is 0.333. The lowest BCUT2D eigenvalue weighted by Crippen LogP contribution is -1.92. The second kappa shape index (κ2) is 1.01. The maximum atomic E-state index is 3.85. The van der Waals surface area contributed by atoms with Crippen LogP contribution >= 0.6 is 11.8 Å². The van der Waals surface area contributed by atoms with Crippen molar-refractivity contribution in [3.63, 3.8) is 0 Å². The first-order chi connectivity index (χ1) is 3.47. The predicted molar refractivity (Wildman–Crippen MR) is 25.9 cm³/mol. The van der Waals surface area contributed by atoms with Gasteiger partial charge in [-0.05, 0) is 0 Å². The van der Waals surface area contributed by atoms with Crippen molar-refractivity contribution in [3.8, 4) is 0 Å². The summed E-state index contributed by atoms with van der Waals surface area (Å²) in [5.74, 6) is 1.03. The van der Waals surface area contributed by atoms with Crippen LogP contribution in [0, 0.1) is 0 Å². The number of aromatic amines is 1. The second-order valence-electron chi connectivity index (χ2n) is 1.36. The normalized spacial score (nSPS) is 15.4. The van der Waals surface area contributed by atoms with Gasteiger partial charge < -0.3 is 0 Å². The maximum absolute atomic E-state index is 3.85. The molecule has 0 amide bonds. The molecule has 1 N–H and O–H groups in total. The predicted octanol–water partition coefficient (Wildman–Crippen LogP) is 0.410. The van der Waals surface area contributed by atoms with Crippen LogP contribution in [0.2, 0.25) is 0 Å². The van der Waals surface area contributed by atoms with Crippen LogP contribution in [0.25, 0.3) is 0 Å². The smallest absolute Gasteiger partial charge is 0.143 e. The summed E-state index contributed by atoms with van der Waals surface area (Å²) in [6.45, 7) is 0. The van der Waals surface area contributed by atoms with E-state index >= 15 is 0 Å². The van der Waals surface area contributed by atoms with Crippen LogP contribution < -0.4 is 0 Å². The van der Waals surface area contributed by atoms with Crippen LogP contribution in [-0.4, -0.2) is 15.4 Å². The molecule has 0 spiro atoms. The van der Waals surface area contributed by atoms with Gasteiger partial charge in [0.25, 0.3) is 0 Å². The first-order valence-electron chi connectivity index (χ1n) is 1.99. The monoisotopic (exact) mass is 113 g/mol. The Morgan fingerprint density at radius 2 is 2.57 bits per heavy atom. The van der Waals surface area contributed by atoms with Crippen molar-refractivity contribution in [1.82, 2.24) is 15.4 Å². The van der Waals surface area contributed by atoms with Crippen molar-refractivity contribution < 1.29 is 0 Å². The van der Waals surface area contributed by atoms with Gasteiger partial charge in [0.15, 0.2) is 0 Å². The third kappa shape index (κ3) is 0.318. The molecule has 0 saturated heterocycles. The molecule has 0 bridgehead atoms. The molecule has 0 atom stereocenters. The topological polar surface area (TPSA) is 41.6 Å². The summed E-state index contributed by atoms with van der Waals surface area (Å²) in [4.78, 5) is 0. The first-order valence-corrected chi connectivity index (χ1v) is 2.98. The molecule has 2 rings (SSSR count). The molecule has 7 heavy (non-hydrogen) atoms. The molecule has 4 heteroatoms. The quantitative estimate of drug-likeness (QED) is 0.529. The molecule has 36 valence electrons. The largest absolute Gasteiger partial charge is 0.197 e. The van der Waals surface area contributed by atoms with Crippen LogP contribution in [0.3, 0.4) is 0 Å². The molecular weight excluding hydrogens is 110 g/mol. The first kappa shape index (κ1) is 3.49. The van der Waals surface area contributed by atoms with Crippen LogP contribution in [0.1, 0.15) is 5.69 Å². The Morgan fingerprint density at radius 1 is 1.57 bits per heavy atom. The highest BCUT2D eigenvalue weighted by Crippen LogP contribution is 2.32. The minimum atomic E-state index is 1.03. The van der Waals surface area contributed by atoms with E-state index in [-0.39, 0.29) is 0 Å². The fourth-order valence-corrected chi connectivity index (χ4v) is 1.13. The lowest BCUT2D eigenvalue weighted by atomic mass is 10.5. The second-order valence-corrected chi connectivity index (χ2v) is 2.33. The maximum Gasteiger partial charge on any atom is 0.143 e. The lowest BCUT2D eigenvalue weighted by Gasteiger charge is -2.04. The van der Waals surface area contributed by atoms with Gasteiger partial charge in [-0.15, -0.1) is 5.10 Å². The highest BCUT2D eigenvalue weighted by atomic mass is 32.2. The molecular formula is C3H3N3S. The summed E-state index contributed by atoms with van der Waals surface area (Å²) in [7, 11) is 0. The number of aromatic nitrogens is 3. The number of fused-ring (bicyclic) bond motifs is 1. The lowest BCUT2D eigenvalue weighted by molar-refractivity contribution is 0.912. The Kier molecular flexibility index (Phi) is 0.501. The third-order valence-electron chi connectivity index (χ3n) is 0.929. The zero-order chi connectivity index (χ0) is 4.69. The average Bonchev–Trinajstić information content (AvgIpc) is 1.85. The van der Waals surface area contributed by atoms with Crippen molar-refractivity contribution in [2.24, 2.45) is 0 Å². The van der Waals surface area contributed by atoms with E-state index in [0.29, 0.717) is 0 Å². The molecule has 1 aromatic rings. The zero-order valence-electron chi connectivity index (χ0n) is 3.51. The summed E-state index contributed by atoms with van der Waals surface area (Å²) in [5.41, 5.74) is 1.12. The van der Waals surface area contributed by atoms with E-state index in [1.54, 1.807) is 11.8 Å². The van der Waals surface area contributed by atoms with E-state index in [1.807, 2.05) is 0 Å². The van der Waals surface area contributed by atoms with E-state index in [9.17, 15) is 0 Å². The Bertz CT molecular complexity index is 164. The Balaban J connectivity index is 2.69. The van der Waals surface area contributed by atoms with Crippen LogP contribution in [0.4, 0.5) is 0 Å². The third-order valence-corrected chi connectivity index (χ3v) is 1.95. The summed E-state index contributed by atoms with van der Waals surface area (Å²) >= 11 is 1.73. The number of thioether (sulfide) groups is 1. The van der Waals surface area contributed by atoms with E-state index in [4.69, 9.17) is 0 Å². The van der Waals surface area contributed by atoms with Crippen LogP contribution in [0.5, 0.6) is 0 Å². The molecule has 3 nitrogen and oxygen atoms in total. The highest BCUT2D eigenvalue weighted by Gasteiger charge is 2.17. The Labute approximate surface area is 44.5 Å². The SMILES string of the molecule is C1Sc2n[nH]nc21. The molecule has 0 saturated carbocycles. The van der Waals surface area contributed by atoms with Gasteiger partial charge in [0.2, 0.25) is 0 Å². The van der Waals surface area contributed by atoms with E-state index in [0.717, 1.165) is 16.5 Å². The molecule has 0 radical (unpaired) electrons. The molecule has 1 aliphatic rings. The van der Waals surface area contributed by atoms with Gasteiger partial charge in [0.05, 0.1) is 0 Å². The van der Waals surface area contributed by atoms with E-state index in [2.05, 4.69) is 15.4 Å². The van der Waals surface area contributed by atoms with Crippen molar-refractivity contribution >= 4 is 11.8 Å². The molecule has 1 aromatic heterocycles. The molecule has 0 aromatic carbocycles. The van der Waals surface area contributed by atoms with Gasteiger partial charge in [-0.1, -0.05) is 11.8 Å². The van der Waals surface area contributed by atoms with Gasteiger partial charge in [-0.25, -0.2) is 0 Å². The highest BCUT2D eigenvalue weighted by molar-refractivity contribution is 7.99. The number of nitrogens with one attached hydrogen (secondary N) is 1. The van der Waals surface area contributed by atoms with E-state index in [1.165, 1.54) is 0 Å². The number of hydrogen-bond acceptors (Lipinski definition) is 3. The standard InChI is InChI=1S/C3H3N3S/c1-2-3(7-1)5-6-4-2/h1H2,(H,4,5,6). The molecule has 1 aliphatic heterocycles. The summed E-state index contributed by atoms with van der Waals surface area (Å²) < 4.78 is 0. The van der Waals surface area contributed by atoms with Gasteiger partial charge in [0, 0.05) is 5.75 Å². The minimum Gasteiger partial charge on any atom is -0.197 e. The van der Waals surface area contributed by atoms with Crippen molar-refractivity contribution in [2.45, 2.75) is 10.8 Å². The molecule has 0 unspecified atom stereocenters. The van der Waals surface area contributed by atoms with Crippen molar-refractivity contribution in [2.75, 3.05) is 0 Å². The average molecular weight is 113 g/mol. The Hall–Kier alpha value is -0.510. The van der Waals surface area contributed by atoms with E-state index < -0.39 is 0 Å². The van der Waals surface area contributed by atoms with Crippen LogP contribution in [0.15, 0.2) is 5.03 Å². The number of hydrogen-bond donors (Lipinski definition) is 1. The van der Waals surface area contributed by atoms with Gasteiger partial charge >= 0.3 is 0 Å². The fourth-order valence-electron chi connectivity index (χ4n) is 0.509. The number of rotatable bonds is 0. The Morgan fingerprint density at radius 3 is 2.86 bits per heavy atom. The summed E-state index contributed by atoms with van der Waals surface area (Å²) in [6.07, 6.45) is 0.